The minimum absolute atomic E-state index is 0.00776. The maximum atomic E-state index is 13.8. The fourth-order valence-corrected chi connectivity index (χ4v) is 6.34. The summed E-state index contributed by atoms with van der Waals surface area (Å²) in [6.45, 7) is 17.7. The number of hydrogen-bond donors (Lipinski definition) is 2. The number of ether oxygens (including phenoxy) is 1. The van der Waals surface area contributed by atoms with E-state index < -0.39 is 38.8 Å². The number of anilines is 1. The Hall–Kier alpha value is -1.81. The van der Waals surface area contributed by atoms with Gasteiger partial charge in [0, 0.05) is 5.92 Å². The number of nitrogen functional groups attached to an aromatic ring is 1. The van der Waals surface area contributed by atoms with Crippen LogP contribution in [0.1, 0.15) is 40.7 Å². The first kappa shape index (κ1) is 25.8. The molecule has 184 valence electrons. The Morgan fingerprint density at radius 2 is 1.91 bits per heavy atom. The minimum Gasteiger partial charge on any atom is -0.409 e. The number of nitrogens with one attached hydrogen (secondary N) is 1. The van der Waals surface area contributed by atoms with Crippen LogP contribution in [0.5, 0.6) is 0 Å². The number of aromatic amines is 1. The minimum atomic E-state index is -2.51. The molecule has 0 amide bonds. The van der Waals surface area contributed by atoms with Gasteiger partial charge in [0.2, 0.25) is 5.95 Å². The van der Waals surface area contributed by atoms with Gasteiger partial charge in [-0.25, -0.2) is 4.98 Å². The van der Waals surface area contributed by atoms with Crippen LogP contribution in [-0.4, -0.2) is 65.0 Å². The summed E-state index contributed by atoms with van der Waals surface area (Å²) in [5.74, 6) is -0.643. The van der Waals surface area contributed by atoms with E-state index in [0.29, 0.717) is 0 Å². The monoisotopic (exact) mass is 497 g/mol. The third-order valence-electron chi connectivity index (χ3n) is 7.03. The highest BCUT2D eigenvalue weighted by Gasteiger charge is 2.61. The van der Waals surface area contributed by atoms with Crippen LogP contribution in [0.2, 0.25) is 18.1 Å². The quantitative estimate of drug-likeness (QED) is 0.458. The van der Waals surface area contributed by atoms with Crippen molar-refractivity contribution in [1.29, 1.82) is 0 Å². The molecule has 33 heavy (non-hydrogen) atoms. The van der Waals surface area contributed by atoms with Gasteiger partial charge < -0.3 is 24.0 Å². The lowest BCUT2D eigenvalue weighted by Gasteiger charge is -2.46. The van der Waals surface area contributed by atoms with Crippen molar-refractivity contribution in [3.63, 3.8) is 0 Å². The van der Waals surface area contributed by atoms with E-state index in [2.05, 4.69) is 48.8 Å². The lowest BCUT2D eigenvalue weighted by Crippen LogP contribution is -2.53. The van der Waals surface area contributed by atoms with Gasteiger partial charge >= 0.3 is 0 Å². The van der Waals surface area contributed by atoms with Crippen LogP contribution in [0.3, 0.4) is 0 Å². The lowest BCUT2D eigenvalue weighted by molar-refractivity contribution is -0.130. The molecule has 0 bridgehead atoms. The number of nitrogens with two attached hydrogens (primary N) is 1. The molecule has 0 aromatic carbocycles. The summed E-state index contributed by atoms with van der Waals surface area (Å²) < 4.78 is 26.8. The first-order valence-corrected chi connectivity index (χ1v) is 16.7. The zero-order chi connectivity index (χ0) is 25.1. The molecule has 2 heterocycles. The second kappa shape index (κ2) is 8.15. The molecule has 0 aliphatic heterocycles. The number of fused-ring (bicyclic) bond motifs is 1. The number of carbonyl (C=O) groups excluding carboxylic acids is 1. The second-order valence-electron chi connectivity index (χ2n) is 11.2. The summed E-state index contributed by atoms with van der Waals surface area (Å²) in [5.41, 5.74) is 4.63. The van der Waals surface area contributed by atoms with Gasteiger partial charge in [0.15, 0.2) is 25.3 Å². The average Bonchev–Trinajstić information content (AvgIpc) is 3.09. The summed E-state index contributed by atoms with van der Waals surface area (Å²) in [5, 5.41) is -0.109. The fourth-order valence-electron chi connectivity index (χ4n) is 4.12. The molecule has 1 fully saturated rings. The van der Waals surface area contributed by atoms with E-state index >= 15 is 0 Å². The van der Waals surface area contributed by atoms with Gasteiger partial charge in [-0.1, -0.05) is 27.7 Å². The highest BCUT2D eigenvalue weighted by atomic mass is 31.2. The van der Waals surface area contributed by atoms with E-state index in [-0.39, 0.29) is 40.2 Å². The predicted molar refractivity (Wildman–Crippen MR) is 132 cm³/mol. The van der Waals surface area contributed by atoms with Gasteiger partial charge in [-0.15, -0.1) is 0 Å². The Morgan fingerprint density at radius 1 is 1.30 bits per heavy atom. The van der Waals surface area contributed by atoms with Crippen LogP contribution in [-0.2, 0) is 18.5 Å². The Morgan fingerprint density at radius 3 is 2.45 bits per heavy atom. The zero-order valence-corrected chi connectivity index (χ0v) is 22.8. The molecule has 4 atom stereocenters. The summed E-state index contributed by atoms with van der Waals surface area (Å²) in [6, 6.07) is -0.849. The average molecular weight is 498 g/mol. The smallest absolute Gasteiger partial charge is 0.280 e. The Kier molecular flexibility index (Phi) is 6.37. The number of nitrogens with zero attached hydrogens (tertiary/aromatic N) is 3. The van der Waals surface area contributed by atoms with E-state index in [4.69, 9.17) is 14.9 Å². The Labute approximate surface area is 195 Å². The number of ketones is 1. The van der Waals surface area contributed by atoms with Gasteiger partial charge in [0.25, 0.3) is 5.56 Å². The number of hydrogen-bond acceptors (Lipinski definition) is 8. The summed E-state index contributed by atoms with van der Waals surface area (Å²) in [6.07, 6.45) is 0.600. The molecule has 2 aromatic rings. The van der Waals surface area contributed by atoms with Crippen molar-refractivity contribution in [2.24, 2.45) is 5.92 Å². The van der Waals surface area contributed by atoms with Crippen LogP contribution >= 0.6 is 7.14 Å². The molecule has 3 N–H and O–H groups in total. The lowest BCUT2D eigenvalue weighted by atomic mass is 9.91. The van der Waals surface area contributed by atoms with Crippen LogP contribution in [0.25, 0.3) is 11.2 Å². The molecule has 0 saturated heterocycles. The summed E-state index contributed by atoms with van der Waals surface area (Å²) in [7, 11) is -4.87. The van der Waals surface area contributed by atoms with Crippen molar-refractivity contribution in [2.75, 3.05) is 25.4 Å². The molecule has 3 rings (SSSR count). The highest BCUT2D eigenvalue weighted by Crippen LogP contribution is 2.51. The third kappa shape index (κ3) is 4.60. The molecule has 0 radical (unpaired) electrons. The van der Waals surface area contributed by atoms with E-state index in [9.17, 15) is 14.2 Å². The Balaban J connectivity index is 2.18. The van der Waals surface area contributed by atoms with Gasteiger partial charge in [0.05, 0.1) is 11.9 Å². The molecular formula is C21H36N5O5PSi. The molecular weight excluding hydrogens is 461 g/mol. The normalized spacial score (nSPS) is 26.9. The number of imidazole rings is 1. The van der Waals surface area contributed by atoms with Crippen molar-refractivity contribution >= 4 is 38.4 Å². The number of aromatic nitrogens is 4. The van der Waals surface area contributed by atoms with Gasteiger partial charge in [-0.2, -0.15) is 4.98 Å². The topological polar surface area (TPSA) is 142 Å². The van der Waals surface area contributed by atoms with E-state index in [1.54, 1.807) is 17.9 Å². The third-order valence-corrected chi connectivity index (χ3v) is 12.4. The highest BCUT2D eigenvalue weighted by molar-refractivity contribution is 7.62. The molecule has 12 heteroatoms. The largest absolute Gasteiger partial charge is 0.409 e. The maximum absolute atomic E-state index is 13.8. The number of carbonyl (C=O) groups is 1. The molecule has 0 unspecified atom stereocenters. The van der Waals surface area contributed by atoms with Crippen LogP contribution in [0.15, 0.2) is 11.1 Å². The Bertz CT molecular complexity index is 1180. The SMILES string of the molecule is C[C@H]1[C@@H](OCP(C)(C)=O)C(=O)[C@@H](n2cnc3c(=O)[nH]c(N)nc32)[C@]1(C)O[Si](C)(C)C(C)(C)C. The van der Waals surface area contributed by atoms with Crippen molar-refractivity contribution in [3.8, 4) is 0 Å². The van der Waals surface area contributed by atoms with Gasteiger partial charge in [-0.3, -0.25) is 14.6 Å². The number of H-pyrrole nitrogens is 1. The van der Waals surface area contributed by atoms with Crippen LogP contribution in [0.4, 0.5) is 5.95 Å². The standard InChI is InChI=1S/C21H36N5O5PSi/c1-12-15(30-11-32(6,7)29)14(27)16(21(12,5)31-33(8,9)20(2,3)4)26-10-23-13-17(26)24-19(22)25-18(13)28/h10,12,15-16H,11H2,1-9H3,(H3,22,24,25,28)/t12-,15+,16+,21+/m0/s1. The molecule has 1 saturated carbocycles. The second-order valence-corrected chi connectivity index (χ2v) is 19.3. The van der Waals surface area contributed by atoms with Crippen molar-refractivity contribution in [1.82, 2.24) is 19.5 Å². The zero-order valence-electron chi connectivity index (χ0n) is 20.9. The predicted octanol–water partition coefficient (Wildman–Crippen LogP) is 3.21. The molecule has 1 aliphatic carbocycles. The van der Waals surface area contributed by atoms with Gasteiger partial charge in [0.1, 0.15) is 25.6 Å². The van der Waals surface area contributed by atoms with E-state index in [1.807, 2.05) is 13.8 Å². The van der Waals surface area contributed by atoms with E-state index in [1.165, 1.54) is 6.33 Å². The summed E-state index contributed by atoms with van der Waals surface area (Å²) in [4.78, 5) is 37.1. The fraction of sp³-hybridized carbons (Fsp3) is 0.714. The number of rotatable bonds is 6. The molecule has 1 aliphatic rings. The first-order valence-electron chi connectivity index (χ1n) is 11.0. The van der Waals surface area contributed by atoms with E-state index in [0.717, 1.165) is 0 Å². The van der Waals surface area contributed by atoms with Crippen molar-refractivity contribution in [2.45, 2.75) is 70.5 Å². The molecule has 0 spiro atoms. The van der Waals surface area contributed by atoms with Gasteiger partial charge in [-0.05, 0) is 38.4 Å². The van der Waals surface area contributed by atoms with Crippen molar-refractivity contribution in [3.05, 3.63) is 16.7 Å². The first-order chi connectivity index (χ1) is 14.9. The summed E-state index contributed by atoms with van der Waals surface area (Å²) >= 11 is 0. The van der Waals surface area contributed by atoms with Crippen LogP contribution in [0, 0.1) is 5.92 Å². The van der Waals surface area contributed by atoms with Crippen LogP contribution < -0.4 is 11.3 Å². The molecule has 2 aromatic heterocycles. The maximum Gasteiger partial charge on any atom is 0.280 e. The number of Topliss-reactive ketones (excluding diaryl/α,β-unsaturated/α-hetero) is 1. The van der Waals surface area contributed by atoms with Crippen molar-refractivity contribution < 1.29 is 18.5 Å². The molecule has 10 nitrogen and oxygen atoms in total.